The summed E-state index contributed by atoms with van der Waals surface area (Å²) in [5, 5.41) is 2.86. The Hall–Kier alpha value is -2.28. The molecule has 0 aliphatic carbocycles. The molecule has 3 rings (SSSR count). The van der Waals surface area contributed by atoms with Gasteiger partial charge in [0.2, 0.25) is 0 Å². The van der Waals surface area contributed by atoms with Gasteiger partial charge in [0.1, 0.15) is 12.2 Å². The number of carbonyl (C=O) groups is 2. The summed E-state index contributed by atoms with van der Waals surface area (Å²) in [5.41, 5.74) is 0.351. The van der Waals surface area contributed by atoms with E-state index in [1.165, 1.54) is 0 Å². The Morgan fingerprint density at radius 2 is 2.00 bits per heavy atom. The average molecular weight is 376 g/mol. The highest BCUT2D eigenvalue weighted by molar-refractivity contribution is 5.71. The summed E-state index contributed by atoms with van der Waals surface area (Å²) < 4.78 is 16.7. The van der Waals surface area contributed by atoms with Crippen LogP contribution in [0.3, 0.4) is 0 Å². The lowest BCUT2D eigenvalue weighted by Crippen LogP contribution is -2.48. The number of hydrogen-bond acceptors (Lipinski definition) is 5. The van der Waals surface area contributed by atoms with E-state index >= 15 is 0 Å². The molecule has 7 heteroatoms. The van der Waals surface area contributed by atoms with Gasteiger partial charge in [0.05, 0.1) is 18.2 Å². The van der Waals surface area contributed by atoms with Crippen molar-refractivity contribution in [2.75, 3.05) is 13.2 Å². The van der Waals surface area contributed by atoms with Crippen LogP contribution in [-0.2, 0) is 20.8 Å². The van der Waals surface area contributed by atoms with Gasteiger partial charge in [-0.15, -0.1) is 0 Å². The SMILES string of the molecule is CC(C)(C)OC(=O)N1C[C@@H](NC(=O)OCc2ccccc2)[C@@H]2OCCC[C@@H]21. The summed E-state index contributed by atoms with van der Waals surface area (Å²) in [7, 11) is 0. The second kappa shape index (κ2) is 8.17. The fourth-order valence-electron chi connectivity index (χ4n) is 3.53. The van der Waals surface area contributed by atoms with Crippen LogP contribution in [0.4, 0.5) is 9.59 Å². The molecule has 1 N–H and O–H groups in total. The highest BCUT2D eigenvalue weighted by atomic mass is 16.6. The normalized spacial score (nSPS) is 24.9. The molecule has 0 saturated carbocycles. The number of likely N-dealkylation sites (tertiary alicyclic amines) is 1. The first-order chi connectivity index (χ1) is 12.8. The maximum atomic E-state index is 12.6. The zero-order valence-corrected chi connectivity index (χ0v) is 16.1. The Kier molecular flexibility index (Phi) is 5.89. The average Bonchev–Trinajstić information content (AvgIpc) is 2.98. The number of alkyl carbamates (subject to hydrolysis) is 1. The summed E-state index contributed by atoms with van der Waals surface area (Å²) in [6.45, 7) is 6.70. The van der Waals surface area contributed by atoms with E-state index in [0.717, 1.165) is 18.4 Å². The molecule has 148 valence electrons. The lowest BCUT2D eigenvalue weighted by molar-refractivity contribution is -0.0290. The minimum absolute atomic E-state index is 0.0898. The van der Waals surface area contributed by atoms with Gasteiger partial charge in [-0.25, -0.2) is 9.59 Å². The first kappa shape index (κ1) is 19.5. The Balaban J connectivity index is 1.59. The summed E-state index contributed by atoms with van der Waals surface area (Å²) in [5.74, 6) is 0. The maximum Gasteiger partial charge on any atom is 0.410 e. The molecule has 0 spiro atoms. The van der Waals surface area contributed by atoms with E-state index in [1.54, 1.807) is 4.90 Å². The largest absolute Gasteiger partial charge is 0.445 e. The van der Waals surface area contributed by atoms with Crippen molar-refractivity contribution in [2.24, 2.45) is 0 Å². The first-order valence-corrected chi connectivity index (χ1v) is 9.42. The summed E-state index contributed by atoms with van der Waals surface area (Å²) in [4.78, 5) is 26.5. The van der Waals surface area contributed by atoms with Crippen LogP contribution in [-0.4, -0.2) is 54.0 Å². The first-order valence-electron chi connectivity index (χ1n) is 9.42. The zero-order chi connectivity index (χ0) is 19.4. The van der Waals surface area contributed by atoms with Crippen LogP contribution in [0.2, 0.25) is 0 Å². The van der Waals surface area contributed by atoms with Gasteiger partial charge >= 0.3 is 12.2 Å². The molecule has 2 heterocycles. The maximum absolute atomic E-state index is 12.6. The number of amides is 2. The molecule has 2 saturated heterocycles. The van der Waals surface area contributed by atoms with Gasteiger partial charge in [-0.05, 0) is 39.2 Å². The molecule has 7 nitrogen and oxygen atoms in total. The van der Waals surface area contributed by atoms with E-state index in [9.17, 15) is 9.59 Å². The van der Waals surface area contributed by atoms with Gasteiger partial charge in [0.15, 0.2) is 0 Å². The standard InChI is InChI=1S/C20H28N2O5/c1-20(2,3)27-19(24)22-12-15(17-16(22)10-7-11-25-17)21-18(23)26-13-14-8-5-4-6-9-14/h4-6,8-9,15-17H,7,10-13H2,1-3H3,(H,21,23)/t15-,16+,17+/m1/s1. The molecular formula is C20H28N2O5. The van der Waals surface area contributed by atoms with Crippen molar-refractivity contribution in [3.05, 3.63) is 35.9 Å². The molecule has 2 aliphatic rings. The van der Waals surface area contributed by atoms with E-state index in [0.29, 0.717) is 13.2 Å². The molecule has 2 fully saturated rings. The predicted molar refractivity (Wildman–Crippen MR) is 99.3 cm³/mol. The van der Waals surface area contributed by atoms with Gasteiger partial charge in [0.25, 0.3) is 0 Å². The van der Waals surface area contributed by atoms with Crippen LogP contribution in [0, 0.1) is 0 Å². The molecule has 0 unspecified atom stereocenters. The number of hydrogen-bond donors (Lipinski definition) is 1. The Bertz CT molecular complexity index is 658. The molecule has 27 heavy (non-hydrogen) atoms. The molecule has 0 bridgehead atoms. The quantitative estimate of drug-likeness (QED) is 0.877. The number of nitrogens with one attached hydrogen (secondary N) is 1. The van der Waals surface area contributed by atoms with Crippen molar-refractivity contribution in [3.8, 4) is 0 Å². The number of ether oxygens (including phenoxy) is 3. The third kappa shape index (κ3) is 5.13. The lowest BCUT2D eigenvalue weighted by atomic mass is 10.0. The zero-order valence-electron chi connectivity index (χ0n) is 16.1. The molecule has 1 aromatic carbocycles. The second-order valence-electron chi connectivity index (χ2n) is 7.99. The van der Waals surface area contributed by atoms with Crippen LogP contribution in [0.5, 0.6) is 0 Å². The van der Waals surface area contributed by atoms with Crippen molar-refractivity contribution in [1.29, 1.82) is 0 Å². The lowest BCUT2D eigenvalue weighted by Gasteiger charge is -2.33. The Morgan fingerprint density at radius 1 is 1.26 bits per heavy atom. The smallest absolute Gasteiger partial charge is 0.410 e. The molecule has 1 aromatic rings. The van der Waals surface area contributed by atoms with Crippen LogP contribution < -0.4 is 5.32 Å². The Morgan fingerprint density at radius 3 is 2.70 bits per heavy atom. The number of fused-ring (bicyclic) bond motifs is 1. The van der Waals surface area contributed by atoms with E-state index in [1.807, 2.05) is 51.1 Å². The van der Waals surface area contributed by atoms with Crippen LogP contribution in [0.25, 0.3) is 0 Å². The molecular weight excluding hydrogens is 348 g/mol. The molecule has 0 radical (unpaired) electrons. The van der Waals surface area contributed by atoms with Crippen molar-refractivity contribution >= 4 is 12.2 Å². The fraction of sp³-hybridized carbons (Fsp3) is 0.600. The van der Waals surface area contributed by atoms with Gasteiger partial charge < -0.3 is 24.4 Å². The molecule has 2 aliphatic heterocycles. The highest BCUT2D eigenvalue weighted by Crippen LogP contribution is 2.30. The van der Waals surface area contributed by atoms with Crippen LogP contribution >= 0.6 is 0 Å². The third-order valence-corrected chi connectivity index (χ3v) is 4.67. The Labute approximate surface area is 160 Å². The van der Waals surface area contributed by atoms with Crippen molar-refractivity contribution in [2.45, 2.75) is 64.0 Å². The number of benzene rings is 1. The van der Waals surface area contributed by atoms with Crippen LogP contribution in [0.15, 0.2) is 30.3 Å². The van der Waals surface area contributed by atoms with E-state index in [4.69, 9.17) is 14.2 Å². The van der Waals surface area contributed by atoms with Gasteiger partial charge in [-0.2, -0.15) is 0 Å². The summed E-state index contributed by atoms with van der Waals surface area (Å²) in [6.07, 6.45) is 0.593. The predicted octanol–water partition coefficient (Wildman–Crippen LogP) is 3.08. The number of nitrogens with zero attached hydrogens (tertiary/aromatic N) is 1. The van der Waals surface area contributed by atoms with Gasteiger partial charge in [-0.1, -0.05) is 30.3 Å². The van der Waals surface area contributed by atoms with Gasteiger partial charge in [0, 0.05) is 13.2 Å². The highest BCUT2D eigenvalue weighted by Gasteiger charge is 2.48. The molecule has 2 amide bonds. The van der Waals surface area contributed by atoms with Gasteiger partial charge in [-0.3, -0.25) is 0 Å². The fourth-order valence-corrected chi connectivity index (χ4v) is 3.53. The number of carbonyl (C=O) groups excluding carboxylic acids is 2. The van der Waals surface area contributed by atoms with Crippen molar-refractivity contribution < 1.29 is 23.8 Å². The topological polar surface area (TPSA) is 77.1 Å². The van der Waals surface area contributed by atoms with E-state index < -0.39 is 11.7 Å². The number of rotatable bonds is 3. The van der Waals surface area contributed by atoms with E-state index in [2.05, 4.69) is 5.32 Å². The minimum Gasteiger partial charge on any atom is -0.445 e. The molecule has 3 atom stereocenters. The van der Waals surface area contributed by atoms with Crippen molar-refractivity contribution in [1.82, 2.24) is 10.2 Å². The minimum atomic E-state index is -0.567. The van der Waals surface area contributed by atoms with Crippen molar-refractivity contribution in [3.63, 3.8) is 0 Å². The third-order valence-electron chi connectivity index (χ3n) is 4.67. The monoisotopic (exact) mass is 376 g/mol. The summed E-state index contributed by atoms with van der Waals surface area (Å²) in [6, 6.07) is 9.09. The second-order valence-corrected chi connectivity index (χ2v) is 7.99. The van der Waals surface area contributed by atoms with Crippen LogP contribution in [0.1, 0.15) is 39.2 Å². The van der Waals surface area contributed by atoms with E-state index in [-0.39, 0.29) is 30.9 Å². The molecule has 0 aromatic heterocycles. The summed E-state index contributed by atoms with van der Waals surface area (Å²) >= 11 is 0.